The zero-order chi connectivity index (χ0) is 6.24. The molecular formula is C6H10S2. The number of thiol groups is 1. The molecule has 0 saturated carbocycles. The second kappa shape index (κ2) is 7.05. The van der Waals surface area contributed by atoms with Gasteiger partial charge in [0, 0.05) is 0 Å². The minimum Gasteiger partial charge on any atom is -0.180 e. The zero-order valence-electron chi connectivity index (χ0n) is 4.87. The molecule has 0 aliphatic heterocycles. The summed E-state index contributed by atoms with van der Waals surface area (Å²) in [4.78, 5) is 0. The van der Waals surface area contributed by atoms with Crippen LogP contribution >= 0.6 is 24.0 Å². The zero-order valence-corrected chi connectivity index (χ0v) is 6.58. The van der Waals surface area contributed by atoms with E-state index in [1.807, 2.05) is 29.8 Å². The van der Waals surface area contributed by atoms with E-state index in [1.165, 1.54) is 0 Å². The van der Waals surface area contributed by atoms with Gasteiger partial charge in [-0.3, -0.25) is 0 Å². The number of rotatable bonds is 0. The summed E-state index contributed by atoms with van der Waals surface area (Å²) in [5.74, 6) is 0.944. The molecule has 0 aromatic carbocycles. The van der Waals surface area contributed by atoms with Gasteiger partial charge in [0.2, 0.25) is 0 Å². The van der Waals surface area contributed by atoms with Gasteiger partial charge < -0.3 is 0 Å². The highest BCUT2D eigenvalue weighted by Crippen LogP contribution is 1.91. The maximum Gasteiger partial charge on any atom is -0.00934 e. The van der Waals surface area contributed by atoms with E-state index in [0.717, 1.165) is 5.75 Å². The molecule has 0 nitrogen and oxygen atoms in total. The van der Waals surface area contributed by atoms with Crippen LogP contribution in [0.4, 0.5) is 0 Å². The van der Waals surface area contributed by atoms with E-state index >= 15 is 0 Å². The smallest absolute Gasteiger partial charge is 0.00934 e. The predicted molar refractivity (Wildman–Crippen MR) is 43.8 cm³/mol. The lowest BCUT2D eigenvalue weighted by molar-refractivity contribution is 1.54. The van der Waals surface area contributed by atoms with Gasteiger partial charge >= 0.3 is 0 Å². The first-order valence-corrected chi connectivity index (χ1v) is 4.07. The largest absolute Gasteiger partial charge is 0.180 e. The fourth-order valence-corrected chi connectivity index (χ4v) is 0.680. The van der Waals surface area contributed by atoms with E-state index in [-0.39, 0.29) is 0 Å². The lowest BCUT2D eigenvalue weighted by Crippen LogP contribution is -1.36. The average molecular weight is 146 g/mol. The Hall–Kier alpha value is 0.0500. The van der Waals surface area contributed by atoms with Gasteiger partial charge in [0.1, 0.15) is 0 Å². The van der Waals surface area contributed by atoms with Gasteiger partial charge in [0.25, 0.3) is 0 Å². The molecule has 1 heterocycles. The van der Waals surface area contributed by atoms with Gasteiger partial charge in [0.15, 0.2) is 0 Å². The maximum absolute atomic E-state index is 3.79. The lowest BCUT2D eigenvalue weighted by atomic mass is 10.7. The third kappa shape index (κ3) is 6.05. The van der Waals surface area contributed by atoms with Gasteiger partial charge in [-0.1, -0.05) is 19.1 Å². The van der Waals surface area contributed by atoms with Crippen LogP contribution in [0, 0.1) is 0 Å². The molecule has 0 N–H and O–H groups in total. The Kier molecular flexibility index (Phi) is 7.09. The maximum atomic E-state index is 3.79. The summed E-state index contributed by atoms with van der Waals surface area (Å²) in [6.45, 7) is 1.99. The molecule has 0 unspecified atom stereocenters. The molecule has 2 heteroatoms. The average Bonchev–Trinajstić information content (AvgIpc) is 2.17. The monoisotopic (exact) mass is 146 g/mol. The molecule has 0 aliphatic rings. The van der Waals surface area contributed by atoms with Crippen molar-refractivity contribution in [2.24, 2.45) is 0 Å². The highest BCUT2D eigenvalue weighted by molar-refractivity contribution is 7.80. The summed E-state index contributed by atoms with van der Waals surface area (Å²) in [5.41, 5.74) is 0. The van der Waals surface area contributed by atoms with E-state index in [9.17, 15) is 0 Å². The topological polar surface area (TPSA) is 0 Å². The molecule has 46 valence electrons. The van der Waals surface area contributed by atoms with Crippen molar-refractivity contribution in [3.8, 4) is 0 Å². The Balaban J connectivity index is 0.000000145. The summed E-state index contributed by atoms with van der Waals surface area (Å²) < 4.78 is 0. The van der Waals surface area contributed by atoms with Crippen molar-refractivity contribution in [1.29, 1.82) is 0 Å². The number of hydrogen-bond donors (Lipinski definition) is 1. The third-order valence-corrected chi connectivity index (χ3v) is 1.05. The first-order valence-electron chi connectivity index (χ1n) is 2.49. The molecule has 0 bridgehead atoms. The van der Waals surface area contributed by atoms with Crippen molar-refractivity contribution in [2.45, 2.75) is 6.92 Å². The quantitative estimate of drug-likeness (QED) is 0.534. The Morgan fingerprint density at radius 1 is 1.38 bits per heavy atom. The van der Waals surface area contributed by atoms with Crippen molar-refractivity contribution in [1.82, 2.24) is 0 Å². The molecule has 0 radical (unpaired) electrons. The van der Waals surface area contributed by atoms with Gasteiger partial charge in [-0.2, -0.15) is 24.0 Å². The van der Waals surface area contributed by atoms with Gasteiger partial charge in [-0.25, -0.2) is 0 Å². The second-order valence-corrected chi connectivity index (χ2v) is 2.56. The molecule has 0 fully saturated rings. The first-order chi connectivity index (χ1) is 3.91. The minimum atomic E-state index is 0.944. The van der Waals surface area contributed by atoms with Crippen LogP contribution < -0.4 is 0 Å². The van der Waals surface area contributed by atoms with Crippen LogP contribution in [0.25, 0.3) is 0 Å². The van der Waals surface area contributed by atoms with Crippen LogP contribution in [0.15, 0.2) is 22.9 Å². The van der Waals surface area contributed by atoms with E-state index in [1.54, 1.807) is 11.3 Å². The number of hydrogen-bond acceptors (Lipinski definition) is 2. The second-order valence-electron chi connectivity index (χ2n) is 1.11. The van der Waals surface area contributed by atoms with Gasteiger partial charge in [-0.15, -0.1) is 0 Å². The van der Waals surface area contributed by atoms with Gasteiger partial charge in [0.05, 0.1) is 0 Å². The Morgan fingerprint density at radius 2 is 1.75 bits per heavy atom. The molecule has 1 rings (SSSR count). The number of thiophene rings is 1. The van der Waals surface area contributed by atoms with Crippen LogP contribution in [-0.2, 0) is 0 Å². The molecule has 0 atom stereocenters. The van der Waals surface area contributed by atoms with Crippen LogP contribution in [0.5, 0.6) is 0 Å². The lowest BCUT2D eigenvalue weighted by Gasteiger charge is -1.48. The summed E-state index contributed by atoms with van der Waals surface area (Å²) >= 11 is 5.50. The van der Waals surface area contributed by atoms with E-state index in [0.29, 0.717) is 0 Å². The van der Waals surface area contributed by atoms with Crippen molar-refractivity contribution < 1.29 is 0 Å². The summed E-state index contributed by atoms with van der Waals surface area (Å²) in [7, 11) is 0. The molecule has 0 aliphatic carbocycles. The fraction of sp³-hybridized carbons (Fsp3) is 0.333. The Labute approximate surface area is 60.0 Å². The summed E-state index contributed by atoms with van der Waals surface area (Å²) in [5, 5.41) is 4.08. The van der Waals surface area contributed by atoms with Crippen molar-refractivity contribution in [3.05, 3.63) is 22.9 Å². The third-order valence-electron chi connectivity index (χ3n) is 0.425. The molecule has 0 saturated heterocycles. The van der Waals surface area contributed by atoms with Crippen LogP contribution in [0.2, 0.25) is 0 Å². The SMILES string of the molecule is CCS.c1ccsc1. The molecule has 8 heavy (non-hydrogen) atoms. The first kappa shape index (κ1) is 8.05. The van der Waals surface area contributed by atoms with Crippen LogP contribution in [-0.4, -0.2) is 5.75 Å². The Bertz CT molecular complexity index is 73.4. The van der Waals surface area contributed by atoms with E-state index < -0.39 is 0 Å². The molecular weight excluding hydrogens is 136 g/mol. The highest BCUT2D eigenvalue weighted by Gasteiger charge is 1.58. The van der Waals surface area contributed by atoms with E-state index in [2.05, 4.69) is 12.6 Å². The summed E-state index contributed by atoms with van der Waals surface area (Å²) in [6, 6.07) is 4.04. The van der Waals surface area contributed by atoms with E-state index in [4.69, 9.17) is 0 Å². The van der Waals surface area contributed by atoms with Crippen LogP contribution in [0.3, 0.4) is 0 Å². The molecule has 1 aromatic heterocycles. The Morgan fingerprint density at radius 3 is 1.88 bits per heavy atom. The minimum absolute atomic E-state index is 0.944. The van der Waals surface area contributed by atoms with Crippen molar-refractivity contribution >= 4 is 24.0 Å². The van der Waals surface area contributed by atoms with Gasteiger partial charge in [-0.05, 0) is 16.5 Å². The summed E-state index contributed by atoms with van der Waals surface area (Å²) in [6.07, 6.45) is 0. The van der Waals surface area contributed by atoms with Crippen LogP contribution in [0.1, 0.15) is 6.92 Å². The highest BCUT2D eigenvalue weighted by atomic mass is 32.1. The normalized spacial score (nSPS) is 7.25. The standard InChI is InChI=1S/C4H4S.C2H6S/c1-2-4-5-3-1;1-2-3/h1-4H;3H,2H2,1H3. The molecule has 1 aromatic rings. The molecule has 0 spiro atoms. The fourth-order valence-electron chi connectivity index (χ4n) is 0.227. The van der Waals surface area contributed by atoms with Crippen molar-refractivity contribution in [3.63, 3.8) is 0 Å². The molecule has 0 amide bonds. The predicted octanol–water partition coefficient (Wildman–Crippen LogP) is 2.68. The van der Waals surface area contributed by atoms with Crippen molar-refractivity contribution in [2.75, 3.05) is 5.75 Å².